The Morgan fingerprint density at radius 3 is 2.19 bits per heavy atom. The Balaban J connectivity index is 2.90. The smallest absolute Gasteiger partial charge is 0.389 e. The molecule has 0 amide bonds. The van der Waals surface area contributed by atoms with Crippen molar-refractivity contribution < 1.29 is 21.6 Å². The molecule has 0 radical (unpaired) electrons. The minimum atomic E-state index is -4.57. The van der Waals surface area contributed by atoms with Gasteiger partial charge in [0, 0.05) is 12.1 Å². The van der Waals surface area contributed by atoms with Crippen molar-refractivity contribution in [2.45, 2.75) is 18.9 Å². The van der Waals surface area contributed by atoms with Crippen molar-refractivity contribution in [1.82, 2.24) is 4.31 Å². The van der Waals surface area contributed by atoms with Crippen molar-refractivity contribution in [3.63, 3.8) is 0 Å². The van der Waals surface area contributed by atoms with Crippen molar-refractivity contribution in [2.24, 2.45) is 5.73 Å². The Kier molecular flexibility index (Phi) is 5.71. The second-order valence-electron chi connectivity index (χ2n) is 4.36. The maximum Gasteiger partial charge on any atom is 0.402 e. The maximum atomic E-state index is 12.4. The highest BCUT2D eigenvalue weighted by molar-refractivity contribution is 7.88. The Labute approximate surface area is 126 Å². The van der Waals surface area contributed by atoms with Crippen molar-refractivity contribution in [2.75, 3.05) is 13.1 Å². The number of benzene rings is 1. The molecule has 0 saturated carbocycles. The lowest BCUT2D eigenvalue weighted by molar-refractivity contribution is -0.135. The average molecular weight is 340 g/mol. The van der Waals surface area contributed by atoms with Gasteiger partial charge in [-0.25, -0.2) is 8.42 Å². The zero-order valence-corrected chi connectivity index (χ0v) is 12.9. The summed E-state index contributed by atoms with van der Waals surface area (Å²) in [5.74, 6) is -0.505. The van der Waals surface area contributed by atoms with E-state index in [1.165, 1.54) is 31.2 Å². The van der Waals surface area contributed by atoms with Gasteiger partial charge in [0.15, 0.2) is 0 Å². The van der Waals surface area contributed by atoms with E-state index in [1.807, 2.05) is 0 Å². The second-order valence-corrected chi connectivity index (χ2v) is 6.77. The zero-order chi connectivity index (χ0) is 16.3. The molecule has 0 aliphatic carbocycles. The van der Waals surface area contributed by atoms with Crippen LogP contribution in [0, 0.1) is 0 Å². The lowest BCUT2D eigenvalue weighted by atomic mass is 10.1. The van der Waals surface area contributed by atoms with Gasteiger partial charge in [0.2, 0.25) is 10.0 Å². The molecule has 0 bridgehead atoms. The van der Waals surface area contributed by atoms with E-state index in [0.717, 1.165) is 0 Å². The van der Waals surface area contributed by atoms with E-state index in [9.17, 15) is 21.6 Å². The molecule has 1 aromatic carbocycles. The summed E-state index contributed by atoms with van der Waals surface area (Å²) in [4.78, 5) is 0.164. The summed E-state index contributed by atoms with van der Waals surface area (Å²) in [6.07, 6.45) is -4.57. The normalized spacial score (nSPS) is 12.6. The number of rotatable bonds is 6. The van der Waals surface area contributed by atoms with Gasteiger partial charge in [0.05, 0.1) is 5.75 Å². The van der Waals surface area contributed by atoms with Crippen LogP contribution in [-0.4, -0.2) is 37.0 Å². The highest BCUT2D eigenvalue weighted by atomic mass is 32.2. The van der Waals surface area contributed by atoms with E-state index >= 15 is 0 Å². The summed E-state index contributed by atoms with van der Waals surface area (Å²) >= 11 is 4.76. The molecular formula is C12H15F3N2O2S2. The monoisotopic (exact) mass is 340 g/mol. The molecule has 2 N–H and O–H groups in total. The molecule has 4 nitrogen and oxygen atoms in total. The SMILES string of the molecule is CCN(CC(F)(F)F)S(=O)(=O)Cc1ccc(C(N)=S)cc1. The minimum absolute atomic E-state index is 0.164. The first-order valence-corrected chi connectivity index (χ1v) is 8.00. The van der Waals surface area contributed by atoms with Gasteiger partial charge < -0.3 is 5.73 Å². The lowest BCUT2D eigenvalue weighted by Crippen LogP contribution is -2.39. The zero-order valence-electron chi connectivity index (χ0n) is 11.2. The fraction of sp³-hybridized carbons (Fsp3) is 0.417. The fourth-order valence-electron chi connectivity index (χ4n) is 1.67. The van der Waals surface area contributed by atoms with E-state index in [-0.39, 0.29) is 11.5 Å². The van der Waals surface area contributed by atoms with Gasteiger partial charge in [-0.3, -0.25) is 0 Å². The summed E-state index contributed by atoms with van der Waals surface area (Å²) in [5, 5.41) is 0. The van der Waals surface area contributed by atoms with Crippen molar-refractivity contribution >= 4 is 27.2 Å². The van der Waals surface area contributed by atoms with E-state index in [1.54, 1.807) is 0 Å². The number of hydrogen-bond donors (Lipinski definition) is 1. The highest BCUT2D eigenvalue weighted by Gasteiger charge is 2.35. The van der Waals surface area contributed by atoms with Crippen molar-refractivity contribution in [3.05, 3.63) is 35.4 Å². The molecule has 1 rings (SSSR count). The molecular weight excluding hydrogens is 325 g/mol. The van der Waals surface area contributed by atoms with Crippen molar-refractivity contribution in [3.8, 4) is 0 Å². The molecule has 0 aliphatic heterocycles. The molecule has 0 aromatic heterocycles. The molecule has 21 heavy (non-hydrogen) atoms. The summed E-state index contributed by atoms with van der Waals surface area (Å²) in [6.45, 7) is -0.372. The third-order valence-electron chi connectivity index (χ3n) is 2.69. The molecule has 1 aromatic rings. The van der Waals surface area contributed by atoms with Crippen LogP contribution in [0.1, 0.15) is 18.1 Å². The first-order valence-electron chi connectivity index (χ1n) is 5.98. The fourth-order valence-corrected chi connectivity index (χ4v) is 3.34. The molecule has 0 fully saturated rings. The summed E-state index contributed by atoms with van der Waals surface area (Å²) in [6, 6.07) is 6.03. The molecule has 0 spiro atoms. The van der Waals surface area contributed by atoms with Crippen LogP contribution in [0.4, 0.5) is 13.2 Å². The largest absolute Gasteiger partial charge is 0.402 e. The van der Waals surface area contributed by atoms with Crippen LogP contribution in [0.3, 0.4) is 0 Å². The quantitative estimate of drug-likeness (QED) is 0.805. The lowest BCUT2D eigenvalue weighted by Gasteiger charge is -2.21. The predicted molar refractivity (Wildman–Crippen MR) is 78.3 cm³/mol. The first-order chi connectivity index (χ1) is 9.55. The van der Waals surface area contributed by atoms with Gasteiger partial charge >= 0.3 is 6.18 Å². The van der Waals surface area contributed by atoms with Crippen LogP contribution >= 0.6 is 12.2 Å². The van der Waals surface area contributed by atoms with Gasteiger partial charge in [0.25, 0.3) is 0 Å². The van der Waals surface area contributed by atoms with E-state index < -0.39 is 28.5 Å². The topological polar surface area (TPSA) is 63.4 Å². The summed E-state index contributed by atoms with van der Waals surface area (Å²) in [5.41, 5.74) is 6.34. The van der Waals surface area contributed by atoms with Gasteiger partial charge in [0.1, 0.15) is 11.5 Å². The number of hydrogen-bond acceptors (Lipinski definition) is 3. The Hall–Kier alpha value is -1.19. The number of thiocarbonyl (C=S) groups is 1. The standard InChI is InChI=1S/C12H15F3N2O2S2/c1-2-17(8-12(13,14)15)21(18,19)7-9-3-5-10(6-4-9)11(16)20/h3-6H,2,7-8H2,1H3,(H2,16,20). The minimum Gasteiger partial charge on any atom is -0.389 e. The summed E-state index contributed by atoms with van der Waals surface area (Å²) < 4.78 is 61.5. The molecule has 0 saturated heterocycles. The first kappa shape index (κ1) is 17.9. The van der Waals surface area contributed by atoms with E-state index in [0.29, 0.717) is 15.4 Å². The Morgan fingerprint density at radius 1 is 1.29 bits per heavy atom. The van der Waals surface area contributed by atoms with Crippen LogP contribution in [0.25, 0.3) is 0 Å². The van der Waals surface area contributed by atoms with Gasteiger partial charge in [-0.1, -0.05) is 43.4 Å². The van der Waals surface area contributed by atoms with Crippen LogP contribution < -0.4 is 5.73 Å². The Bertz CT molecular complexity index is 598. The van der Waals surface area contributed by atoms with Gasteiger partial charge in [-0.05, 0) is 5.56 Å². The summed E-state index contributed by atoms with van der Waals surface area (Å²) in [7, 11) is -4.04. The third kappa shape index (κ3) is 5.60. The number of sulfonamides is 1. The number of nitrogens with zero attached hydrogens (tertiary/aromatic N) is 1. The van der Waals surface area contributed by atoms with Crippen LogP contribution in [0.15, 0.2) is 24.3 Å². The third-order valence-corrected chi connectivity index (χ3v) is 4.80. The Morgan fingerprint density at radius 2 is 1.81 bits per heavy atom. The molecule has 0 aliphatic rings. The molecule has 0 heterocycles. The van der Waals surface area contributed by atoms with Crippen LogP contribution in [0.2, 0.25) is 0 Å². The molecule has 9 heteroatoms. The van der Waals surface area contributed by atoms with E-state index in [2.05, 4.69) is 0 Å². The number of halogens is 3. The van der Waals surface area contributed by atoms with Gasteiger partial charge in [-0.2, -0.15) is 17.5 Å². The molecule has 0 unspecified atom stereocenters. The van der Waals surface area contributed by atoms with Gasteiger partial charge in [-0.15, -0.1) is 0 Å². The molecule has 0 atom stereocenters. The molecule has 118 valence electrons. The van der Waals surface area contributed by atoms with Crippen LogP contribution in [-0.2, 0) is 15.8 Å². The second kappa shape index (κ2) is 6.71. The predicted octanol–water partition coefficient (Wildman–Crippen LogP) is 2.03. The highest BCUT2D eigenvalue weighted by Crippen LogP contribution is 2.20. The average Bonchev–Trinajstić information content (AvgIpc) is 2.34. The van der Waals surface area contributed by atoms with Crippen molar-refractivity contribution in [1.29, 1.82) is 0 Å². The van der Waals surface area contributed by atoms with E-state index in [4.69, 9.17) is 18.0 Å². The van der Waals surface area contributed by atoms with Crippen LogP contribution in [0.5, 0.6) is 0 Å². The number of alkyl halides is 3. The number of nitrogens with two attached hydrogens (primary N) is 1. The maximum absolute atomic E-state index is 12.4.